The zero-order valence-corrected chi connectivity index (χ0v) is 8.10. The molecule has 2 aliphatic heterocycles. The van der Waals surface area contributed by atoms with Gasteiger partial charge in [-0.2, -0.15) is 0 Å². The van der Waals surface area contributed by atoms with Crippen LogP contribution in [0.2, 0.25) is 0 Å². The smallest absolute Gasteiger partial charge is 0.330 e. The maximum atomic E-state index is 11.5. The van der Waals surface area contributed by atoms with Gasteiger partial charge in [0.2, 0.25) is 0 Å². The lowest BCUT2D eigenvalue weighted by molar-refractivity contribution is 0.0269. The highest BCUT2D eigenvalue weighted by molar-refractivity contribution is 5.42. The van der Waals surface area contributed by atoms with Gasteiger partial charge in [-0.15, -0.1) is 0 Å². The zero-order chi connectivity index (χ0) is 10.4. The third kappa shape index (κ3) is 1.21. The van der Waals surface area contributed by atoms with Gasteiger partial charge in [-0.3, -0.25) is 14.3 Å². The Balaban J connectivity index is 2.16. The lowest BCUT2D eigenvalue weighted by Crippen LogP contribution is -2.40. The van der Waals surface area contributed by atoms with Gasteiger partial charge in [-0.05, 0) is 6.42 Å². The zero-order valence-electron chi connectivity index (χ0n) is 8.10. The quantitative estimate of drug-likeness (QED) is 0.601. The number of hydrogen-bond acceptors (Lipinski definition) is 4. The molecule has 0 saturated carbocycles. The number of anilines is 1. The van der Waals surface area contributed by atoms with Crippen molar-refractivity contribution >= 4 is 5.82 Å². The van der Waals surface area contributed by atoms with Gasteiger partial charge in [-0.25, -0.2) is 4.79 Å². The average Bonchev–Trinajstić information content (AvgIpc) is 2.57. The van der Waals surface area contributed by atoms with Crippen LogP contribution in [0.5, 0.6) is 0 Å². The van der Waals surface area contributed by atoms with E-state index in [2.05, 4.69) is 4.98 Å². The van der Waals surface area contributed by atoms with Crippen molar-refractivity contribution in [3.63, 3.8) is 0 Å². The number of aromatic amines is 1. The van der Waals surface area contributed by atoms with E-state index in [0.29, 0.717) is 12.4 Å². The molecule has 3 heterocycles. The predicted molar refractivity (Wildman–Crippen MR) is 53.0 cm³/mol. The standard InChI is InChI=1S/C9H11N3O3/c13-6-4-7-11-2-1-3-15-8(11)5-12(7)9(14)10-6/h4,8H,1-3,5H2,(H,10,13,14). The molecule has 1 aromatic heterocycles. The molecule has 0 aromatic carbocycles. The Labute approximate surface area is 85.1 Å². The monoisotopic (exact) mass is 209 g/mol. The molecule has 80 valence electrons. The molecule has 0 aliphatic carbocycles. The van der Waals surface area contributed by atoms with Gasteiger partial charge in [0.05, 0.1) is 13.2 Å². The van der Waals surface area contributed by atoms with Crippen LogP contribution in [-0.2, 0) is 11.3 Å². The summed E-state index contributed by atoms with van der Waals surface area (Å²) in [5, 5.41) is 0. The molecule has 0 spiro atoms. The summed E-state index contributed by atoms with van der Waals surface area (Å²) in [5.41, 5.74) is -0.701. The molecule has 2 aliphatic rings. The summed E-state index contributed by atoms with van der Waals surface area (Å²) in [6.07, 6.45) is 0.846. The molecule has 1 aromatic rings. The minimum Gasteiger partial charge on any atom is -0.356 e. The fourth-order valence-electron chi connectivity index (χ4n) is 2.18. The van der Waals surface area contributed by atoms with E-state index >= 15 is 0 Å². The lowest BCUT2D eigenvalue weighted by atomic mass is 10.3. The highest BCUT2D eigenvalue weighted by atomic mass is 16.5. The van der Waals surface area contributed by atoms with Crippen LogP contribution in [0.3, 0.4) is 0 Å². The second-order valence-electron chi connectivity index (χ2n) is 3.78. The number of ether oxygens (including phenoxy) is 1. The van der Waals surface area contributed by atoms with Crippen molar-refractivity contribution in [1.82, 2.24) is 9.55 Å². The molecular formula is C9H11N3O3. The molecule has 6 heteroatoms. The van der Waals surface area contributed by atoms with Crippen LogP contribution in [0, 0.1) is 0 Å². The predicted octanol–water partition coefficient (Wildman–Crippen LogP) is -0.897. The summed E-state index contributed by atoms with van der Waals surface area (Å²) in [7, 11) is 0. The van der Waals surface area contributed by atoms with E-state index in [1.807, 2.05) is 4.90 Å². The van der Waals surface area contributed by atoms with E-state index in [1.165, 1.54) is 6.07 Å². The number of aromatic nitrogens is 2. The largest absolute Gasteiger partial charge is 0.356 e. The Bertz CT molecular complexity index is 504. The molecule has 0 amide bonds. The van der Waals surface area contributed by atoms with Crippen molar-refractivity contribution in [2.75, 3.05) is 18.1 Å². The molecule has 1 unspecified atom stereocenters. The minimum absolute atomic E-state index is 0.0818. The van der Waals surface area contributed by atoms with Crippen molar-refractivity contribution in [3.05, 3.63) is 26.9 Å². The first-order chi connectivity index (χ1) is 7.25. The number of fused-ring (bicyclic) bond motifs is 3. The van der Waals surface area contributed by atoms with Gasteiger partial charge in [0.25, 0.3) is 5.56 Å². The molecular weight excluding hydrogens is 198 g/mol. The first kappa shape index (κ1) is 8.72. The fraction of sp³-hybridized carbons (Fsp3) is 0.556. The number of hydrogen-bond donors (Lipinski definition) is 1. The van der Waals surface area contributed by atoms with Crippen molar-refractivity contribution < 1.29 is 4.74 Å². The Hall–Kier alpha value is -1.56. The van der Waals surface area contributed by atoms with Crippen molar-refractivity contribution in [1.29, 1.82) is 0 Å². The van der Waals surface area contributed by atoms with Crippen LogP contribution in [0.25, 0.3) is 0 Å². The van der Waals surface area contributed by atoms with Gasteiger partial charge in [0.1, 0.15) is 12.0 Å². The summed E-state index contributed by atoms with van der Waals surface area (Å²) in [6.45, 7) is 2.07. The van der Waals surface area contributed by atoms with Crippen molar-refractivity contribution in [2.45, 2.75) is 19.2 Å². The van der Waals surface area contributed by atoms with Gasteiger partial charge >= 0.3 is 5.69 Å². The number of nitrogens with one attached hydrogen (secondary N) is 1. The van der Waals surface area contributed by atoms with Crippen LogP contribution < -0.4 is 16.1 Å². The van der Waals surface area contributed by atoms with Gasteiger partial charge < -0.3 is 9.64 Å². The topological polar surface area (TPSA) is 67.3 Å². The van der Waals surface area contributed by atoms with E-state index in [4.69, 9.17) is 4.74 Å². The number of nitrogens with zero attached hydrogens (tertiary/aromatic N) is 2. The van der Waals surface area contributed by atoms with Crippen LogP contribution in [-0.4, -0.2) is 28.9 Å². The van der Waals surface area contributed by atoms with E-state index in [9.17, 15) is 9.59 Å². The Morgan fingerprint density at radius 1 is 1.47 bits per heavy atom. The molecule has 0 bridgehead atoms. The van der Waals surface area contributed by atoms with E-state index in [-0.39, 0.29) is 17.5 Å². The Morgan fingerprint density at radius 3 is 3.20 bits per heavy atom. The molecule has 15 heavy (non-hydrogen) atoms. The van der Waals surface area contributed by atoms with Gasteiger partial charge in [-0.1, -0.05) is 0 Å². The first-order valence-corrected chi connectivity index (χ1v) is 4.98. The molecule has 1 N–H and O–H groups in total. The van der Waals surface area contributed by atoms with E-state index in [0.717, 1.165) is 19.6 Å². The van der Waals surface area contributed by atoms with Crippen LogP contribution in [0.1, 0.15) is 6.42 Å². The fourth-order valence-corrected chi connectivity index (χ4v) is 2.18. The summed E-state index contributed by atoms with van der Waals surface area (Å²) in [6, 6.07) is 1.45. The van der Waals surface area contributed by atoms with E-state index in [1.54, 1.807) is 4.57 Å². The average molecular weight is 209 g/mol. The maximum Gasteiger partial charge on any atom is 0.330 e. The highest BCUT2D eigenvalue weighted by Gasteiger charge is 2.33. The molecule has 1 saturated heterocycles. The molecule has 1 fully saturated rings. The van der Waals surface area contributed by atoms with Crippen molar-refractivity contribution in [2.24, 2.45) is 0 Å². The van der Waals surface area contributed by atoms with Gasteiger partial charge in [0.15, 0.2) is 0 Å². The second-order valence-corrected chi connectivity index (χ2v) is 3.78. The normalized spacial score (nSPS) is 23.7. The maximum absolute atomic E-state index is 11.5. The molecule has 1 atom stereocenters. The molecule has 3 rings (SSSR count). The lowest BCUT2D eigenvalue weighted by Gasteiger charge is -2.30. The SMILES string of the molecule is O=c1cc2n(c(=O)[nH]1)CC1OCCCN21. The first-order valence-electron chi connectivity index (χ1n) is 4.98. The summed E-state index contributed by atoms with van der Waals surface area (Å²) < 4.78 is 7.08. The third-order valence-corrected chi connectivity index (χ3v) is 2.85. The molecule has 6 nitrogen and oxygen atoms in total. The van der Waals surface area contributed by atoms with Crippen molar-refractivity contribution in [3.8, 4) is 0 Å². The van der Waals surface area contributed by atoms with Crippen LogP contribution >= 0.6 is 0 Å². The van der Waals surface area contributed by atoms with Crippen LogP contribution in [0.4, 0.5) is 5.82 Å². The number of rotatable bonds is 0. The third-order valence-electron chi connectivity index (χ3n) is 2.85. The van der Waals surface area contributed by atoms with Crippen LogP contribution in [0.15, 0.2) is 15.7 Å². The highest BCUT2D eigenvalue weighted by Crippen LogP contribution is 2.25. The summed E-state index contributed by atoms with van der Waals surface area (Å²) in [4.78, 5) is 26.9. The minimum atomic E-state index is -0.351. The summed E-state index contributed by atoms with van der Waals surface area (Å²) in [5.74, 6) is 0.674. The Morgan fingerprint density at radius 2 is 2.33 bits per heavy atom. The summed E-state index contributed by atoms with van der Waals surface area (Å²) >= 11 is 0. The van der Waals surface area contributed by atoms with Gasteiger partial charge in [0, 0.05) is 12.6 Å². The number of H-pyrrole nitrogens is 1. The second kappa shape index (κ2) is 2.96. The van der Waals surface area contributed by atoms with E-state index < -0.39 is 0 Å². The molecule has 0 radical (unpaired) electrons. The Kier molecular flexibility index (Phi) is 1.72.